The number of nitrogens with zero attached hydrogens (tertiary/aromatic N) is 1. The molecule has 2 atom stereocenters. The number of nitrogens with one attached hydrogen (secondary N) is 1. The maximum atomic E-state index is 6.03. The Morgan fingerprint density at radius 1 is 1.11 bits per heavy atom. The van der Waals surface area contributed by atoms with Crippen molar-refractivity contribution in [2.45, 2.75) is 44.3 Å². The highest BCUT2D eigenvalue weighted by atomic mass is 35.5. The van der Waals surface area contributed by atoms with E-state index in [9.17, 15) is 0 Å². The minimum absolute atomic E-state index is 0.636. The lowest BCUT2D eigenvalue weighted by Gasteiger charge is -2.35. The highest BCUT2D eigenvalue weighted by Gasteiger charge is 2.31. The Bertz CT molecular complexity index is 430. The number of piperidine rings is 1. The molecule has 0 aromatic heterocycles. The van der Waals surface area contributed by atoms with Crippen LogP contribution in [-0.4, -0.2) is 30.1 Å². The fourth-order valence-electron chi connectivity index (χ4n) is 3.38. The van der Waals surface area contributed by atoms with Gasteiger partial charge in [-0.05, 0) is 62.5 Å². The van der Waals surface area contributed by atoms with Crippen LogP contribution in [0.2, 0.25) is 10.0 Å². The van der Waals surface area contributed by atoms with E-state index < -0.39 is 0 Å². The number of halogens is 2. The van der Waals surface area contributed by atoms with E-state index in [1.165, 1.54) is 44.3 Å². The predicted octanol–water partition coefficient (Wildman–Crippen LogP) is 3.71. The second-order valence-electron chi connectivity index (χ2n) is 5.71. The van der Waals surface area contributed by atoms with Gasteiger partial charge in [-0.15, -0.1) is 0 Å². The van der Waals surface area contributed by atoms with Crippen molar-refractivity contribution in [2.24, 2.45) is 0 Å². The van der Waals surface area contributed by atoms with Crippen LogP contribution in [0.15, 0.2) is 18.2 Å². The third kappa shape index (κ3) is 3.43. The van der Waals surface area contributed by atoms with E-state index >= 15 is 0 Å². The molecule has 0 spiro atoms. The van der Waals surface area contributed by atoms with Gasteiger partial charge in [-0.2, -0.15) is 0 Å². The standard InChI is InChI=1S/C15H20Cl2N2/c16-12-6-11(7-13(17)8-12)10-18-14-3-5-19-4-1-2-15(19)9-14/h6-8,14-15,18H,1-5,9-10H2. The van der Waals surface area contributed by atoms with Crippen LogP contribution in [0, 0.1) is 0 Å². The quantitative estimate of drug-likeness (QED) is 0.915. The summed E-state index contributed by atoms with van der Waals surface area (Å²) in [5.74, 6) is 0. The Labute approximate surface area is 125 Å². The molecule has 1 aromatic carbocycles. The maximum Gasteiger partial charge on any atom is 0.0424 e. The van der Waals surface area contributed by atoms with Gasteiger partial charge in [-0.3, -0.25) is 0 Å². The third-order valence-corrected chi connectivity index (χ3v) is 4.77. The van der Waals surface area contributed by atoms with Crippen molar-refractivity contribution in [3.63, 3.8) is 0 Å². The molecule has 0 bridgehead atoms. The Balaban J connectivity index is 1.54. The molecule has 2 saturated heterocycles. The number of benzene rings is 1. The molecule has 2 heterocycles. The van der Waals surface area contributed by atoms with Crippen LogP contribution in [0.1, 0.15) is 31.2 Å². The molecule has 1 N–H and O–H groups in total. The van der Waals surface area contributed by atoms with E-state index in [4.69, 9.17) is 23.2 Å². The molecule has 1 aromatic rings. The zero-order valence-corrected chi connectivity index (χ0v) is 12.6. The predicted molar refractivity (Wildman–Crippen MR) is 80.9 cm³/mol. The molecular formula is C15H20Cl2N2. The zero-order chi connectivity index (χ0) is 13.2. The minimum Gasteiger partial charge on any atom is -0.310 e. The van der Waals surface area contributed by atoms with Gasteiger partial charge in [0.25, 0.3) is 0 Å². The fourth-order valence-corrected chi connectivity index (χ4v) is 3.96. The Kier molecular flexibility index (Phi) is 4.33. The summed E-state index contributed by atoms with van der Waals surface area (Å²) in [7, 11) is 0. The van der Waals surface area contributed by atoms with Crippen LogP contribution in [0.25, 0.3) is 0 Å². The molecular weight excluding hydrogens is 279 g/mol. The van der Waals surface area contributed by atoms with Crippen molar-refractivity contribution in [3.05, 3.63) is 33.8 Å². The summed E-state index contributed by atoms with van der Waals surface area (Å²) in [4.78, 5) is 2.65. The molecule has 2 aliphatic heterocycles. The summed E-state index contributed by atoms with van der Waals surface area (Å²) in [6.45, 7) is 3.41. The first kappa shape index (κ1) is 13.7. The number of hydrogen-bond acceptors (Lipinski definition) is 2. The Morgan fingerprint density at radius 2 is 1.89 bits per heavy atom. The summed E-state index contributed by atoms with van der Waals surface area (Å²) in [6.07, 6.45) is 5.29. The van der Waals surface area contributed by atoms with Crippen molar-refractivity contribution < 1.29 is 0 Å². The van der Waals surface area contributed by atoms with Gasteiger partial charge in [-0.25, -0.2) is 0 Å². The van der Waals surface area contributed by atoms with E-state index in [0.29, 0.717) is 6.04 Å². The average molecular weight is 299 g/mol. The molecule has 2 unspecified atom stereocenters. The molecule has 2 aliphatic rings. The molecule has 0 saturated carbocycles. The van der Waals surface area contributed by atoms with Gasteiger partial charge in [0.05, 0.1) is 0 Å². The summed E-state index contributed by atoms with van der Waals surface area (Å²) in [5.41, 5.74) is 1.17. The molecule has 0 radical (unpaired) electrons. The molecule has 19 heavy (non-hydrogen) atoms. The number of rotatable bonds is 3. The van der Waals surface area contributed by atoms with Crippen molar-refractivity contribution in [1.82, 2.24) is 10.2 Å². The van der Waals surface area contributed by atoms with Crippen molar-refractivity contribution >= 4 is 23.2 Å². The van der Waals surface area contributed by atoms with Gasteiger partial charge in [0, 0.05) is 28.7 Å². The van der Waals surface area contributed by atoms with Crippen LogP contribution < -0.4 is 5.32 Å². The molecule has 104 valence electrons. The van der Waals surface area contributed by atoms with Gasteiger partial charge in [-0.1, -0.05) is 23.2 Å². The average Bonchev–Trinajstić information content (AvgIpc) is 2.82. The molecule has 3 rings (SSSR count). The Morgan fingerprint density at radius 3 is 2.68 bits per heavy atom. The van der Waals surface area contributed by atoms with E-state index in [0.717, 1.165) is 22.6 Å². The van der Waals surface area contributed by atoms with Crippen LogP contribution in [0.5, 0.6) is 0 Å². The summed E-state index contributed by atoms with van der Waals surface area (Å²) in [5, 5.41) is 5.10. The molecule has 0 aliphatic carbocycles. The lowest BCUT2D eigenvalue weighted by molar-refractivity contribution is 0.166. The van der Waals surface area contributed by atoms with Crippen LogP contribution in [0.3, 0.4) is 0 Å². The first-order valence-corrected chi connectivity index (χ1v) is 7.89. The summed E-state index contributed by atoms with van der Waals surface area (Å²) >= 11 is 12.1. The van der Waals surface area contributed by atoms with Crippen LogP contribution >= 0.6 is 23.2 Å². The summed E-state index contributed by atoms with van der Waals surface area (Å²) in [6, 6.07) is 7.21. The van der Waals surface area contributed by atoms with Crippen molar-refractivity contribution in [3.8, 4) is 0 Å². The zero-order valence-electron chi connectivity index (χ0n) is 11.0. The molecule has 2 nitrogen and oxygen atoms in total. The molecule has 0 amide bonds. The fraction of sp³-hybridized carbons (Fsp3) is 0.600. The smallest absolute Gasteiger partial charge is 0.0424 e. The number of hydrogen-bond donors (Lipinski definition) is 1. The third-order valence-electron chi connectivity index (χ3n) is 4.34. The number of fused-ring (bicyclic) bond motifs is 1. The second kappa shape index (κ2) is 6.01. The van der Waals surface area contributed by atoms with E-state index in [-0.39, 0.29) is 0 Å². The van der Waals surface area contributed by atoms with Gasteiger partial charge < -0.3 is 10.2 Å². The lowest BCUT2D eigenvalue weighted by Crippen LogP contribution is -2.45. The first-order chi connectivity index (χ1) is 9.20. The topological polar surface area (TPSA) is 15.3 Å². The van der Waals surface area contributed by atoms with Gasteiger partial charge in [0.2, 0.25) is 0 Å². The van der Waals surface area contributed by atoms with Crippen LogP contribution in [0.4, 0.5) is 0 Å². The largest absolute Gasteiger partial charge is 0.310 e. The second-order valence-corrected chi connectivity index (χ2v) is 6.58. The van der Waals surface area contributed by atoms with Crippen LogP contribution in [-0.2, 0) is 6.54 Å². The van der Waals surface area contributed by atoms with E-state index in [2.05, 4.69) is 10.2 Å². The van der Waals surface area contributed by atoms with E-state index in [1.54, 1.807) is 6.07 Å². The van der Waals surface area contributed by atoms with Gasteiger partial charge >= 0.3 is 0 Å². The summed E-state index contributed by atoms with van der Waals surface area (Å²) < 4.78 is 0. The molecule has 2 fully saturated rings. The van der Waals surface area contributed by atoms with Gasteiger partial charge in [0.1, 0.15) is 0 Å². The first-order valence-electron chi connectivity index (χ1n) is 7.13. The van der Waals surface area contributed by atoms with Gasteiger partial charge in [0.15, 0.2) is 0 Å². The lowest BCUT2D eigenvalue weighted by atomic mass is 9.97. The van der Waals surface area contributed by atoms with Crippen molar-refractivity contribution in [1.29, 1.82) is 0 Å². The van der Waals surface area contributed by atoms with E-state index in [1.807, 2.05) is 12.1 Å². The molecule has 4 heteroatoms. The SMILES string of the molecule is Clc1cc(Cl)cc(CNC2CCN3CCCC3C2)c1. The normalized spacial score (nSPS) is 27.5. The maximum absolute atomic E-state index is 6.03. The minimum atomic E-state index is 0.636. The highest BCUT2D eigenvalue weighted by molar-refractivity contribution is 6.34. The highest BCUT2D eigenvalue weighted by Crippen LogP contribution is 2.27. The monoisotopic (exact) mass is 298 g/mol. The Hall–Kier alpha value is -0.280. The van der Waals surface area contributed by atoms with Crippen molar-refractivity contribution in [2.75, 3.05) is 13.1 Å².